The van der Waals surface area contributed by atoms with Gasteiger partial charge in [-0.3, -0.25) is 0 Å². The molecule has 1 rings (SSSR count). The number of hydrogen-bond acceptors (Lipinski definition) is 3. The molecule has 0 aliphatic carbocycles. The standard InChI is InChI=1S/C8H11Br2NOS/c1-4(3-11)7(12)5-2-6(9)13-8(5)10/h2,4,7,12H,3,11H2,1H3. The smallest absolute Gasteiger partial charge is 0.0847 e. The van der Waals surface area contributed by atoms with Gasteiger partial charge in [0.1, 0.15) is 0 Å². The van der Waals surface area contributed by atoms with Crippen LogP contribution in [0.15, 0.2) is 13.6 Å². The van der Waals surface area contributed by atoms with E-state index in [1.165, 1.54) is 0 Å². The fourth-order valence-corrected chi connectivity index (χ4v) is 3.90. The Morgan fingerprint density at radius 2 is 2.23 bits per heavy atom. The van der Waals surface area contributed by atoms with Gasteiger partial charge in [-0.05, 0) is 50.4 Å². The molecule has 2 unspecified atom stereocenters. The fraction of sp³-hybridized carbons (Fsp3) is 0.500. The molecule has 1 aromatic rings. The molecule has 0 aliphatic heterocycles. The van der Waals surface area contributed by atoms with Crippen molar-refractivity contribution in [3.05, 3.63) is 19.2 Å². The number of rotatable bonds is 3. The lowest BCUT2D eigenvalue weighted by Crippen LogP contribution is -2.18. The number of aliphatic hydroxyl groups excluding tert-OH is 1. The van der Waals surface area contributed by atoms with Gasteiger partial charge in [0.2, 0.25) is 0 Å². The summed E-state index contributed by atoms with van der Waals surface area (Å²) >= 11 is 8.33. The Labute approximate surface area is 98.4 Å². The fourth-order valence-electron chi connectivity index (χ4n) is 0.990. The first-order valence-corrected chi connectivity index (χ1v) is 6.29. The third-order valence-corrected chi connectivity index (χ3v) is 4.30. The van der Waals surface area contributed by atoms with Crippen LogP contribution in [0.1, 0.15) is 18.6 Å². The molecule has 0 fully saturated rings. The van der Waals surface area contributed by atoms with Gasteiger partial charge in [-0.1, -0.05) is 6.92 Å². The van der Waals surface area contributed by atoms with E-state index in [1.54, 1.807) is 11.3 Å². The van der Waals surface area contributed by atoms with Crippen LogP contribution in [0.25, 0.3) is 0 Å². The second-order valence-corrected chi connectivity index (χ2v) is 6.69. The minimum atomic E-state index is -0.484. The summed E-state index contributed by atoms with van der Waals surface area (Å²) in [6.45, 7) is 2.42. The second kappa shape index (κ2) is 4.89. The van der Waals surface area contributed by atoms with Crippen molar-refractivity contribution in [2.75, 3.05) is 6.54 Å². The molecule has 0 aromatic carbocycles. The highest BCUT2D eigenvalue weighted by Crippen LogP contribution is 2.37. The Kier molecular flexibility index (Phi) is 4.38. The summed E-state index contributed by atoms with van der Waals surface area (Å²) in [6, 6.07) is 1.92. The summed E-state index contributed by atoms with van der Waals surface area (Å²) in [7, 11) is 0. The summed E-state index contributed by atoms with van der Waals surface area (Å²) in [5.41, 5.74) is 6.40. The van der Waals surface area contributed by atoms with Gasteiger partial charge in [0.15, 0.2) is 0 Å². The first-order chi connectivity index (χ1) is 6.06. The van der Waals surface area contributed by atoms with Crippen LogP contribution in [-0.2, 0) is 0 Å². The van der Waals surface area contributed by atoms with Gasteiger partial charge in [0.05, 0.1) is 13.7 Å². The maximum atomic E-state index is 9.86. The quantitative estimate of drug-likeness (QED) is 0.896. The Bertz CT molecular complexity index is 290. The highest BCUT2D eigenvalue weighted by Gasteiger charge is 2.19. The van der Waals surface area contributed by atoms with Crippen LogP contribution in [0.4, 0.5) is 0 Å². The molecule has 74 valence electrons. The Balaban J connectivity index is 2.87. The van der Waals surface area contributed by atoms with Crippen molar-refractivity contribution in [2.45, 2.75) is 13.0 Å². The summed E-state index contributed by atoms with van der Waals surface area (Å²) in [4.78, 5) is 0. The second-order valence-electron chi connectivity index (χ2n) is 2.94. The first kappa shape index (κ1) is 11.7. The molecule has 0 saturated carbocycles. The molecule has 0 bridgehead atoms. The average Bonchev–Trinajstić information content (AvgIpc) is 2.42. The van der Waals surface area contributed by atoms with Crippen LogP contribution in [0, 0.1) is 5.92 Å². The van der Waals surface area contributed by atoms with Crippen LogP contribution in [0.2, 0.25) is 0 Å². The Morgan fingerprint density at radius 3 is 2.62 bits per heavy atom. The molecule has 0 aliphatic rings. The van der Waals surface area contributed by atoms with E-state index in [4.69, 9.17) is 5.73 Å². The molecular formula is C8H11Br2NOS. The van der Waals surface area contributed by atoms with Crippen molar-refractivity contribution in [2.24, 2.45) is 11.7 Å². The summed E-state index contributed by atoms with van der Waals surface area (Å²) in [5.74, 6) is 0.0813. The van der Waals surface area contributed by atoms with Crippen LogP contribution < -0.4 is 5.73 Å². The number of aliphatic hydroxyl groups is 1. The summed E-state index contributed by atoms with van der Waals surface area (Å²) < 4.78 is 1.98. The zero-order valence-corrected chi connectivity index (χ0v) is 11.1. The molecule has 2 atom stereocenters. The van der Waals surface area contributed by atoms with Crippen LogP contribution >= 0.6 is 43.2 Å². The van der Waals surface area contributed by atoms with Gasteiger partial charge in [-0.25, -0.2) is 0 Å². The van der Waals surface area contributed by atoms with Gasteiger partial charge >= 0.3 is 0 Å². The minimum Gasteiger partial charge on any atom is -0.388 e. The van der Waals surface area contributed by atoms with Gasteiger partial charge in [0, 0.05) is 5.56 Å². The van der Waals surface area contributed by atoms with E-state index in [9.17, 15) is 5.11 Å². The largest absolute Gasteiger partial charge is 0.388 e. The first-order valence-electron chi connectivity index (χ1n) is 3.89. The van der Waals surface area contributed by atoms with Crippen LogP contribution in [0.3, 0.4) is 0 Å². The van der Waals surface area contributed by atoms with Crippen molar-refractivity contribution in [3.63, 3.8) is 0 Å². The van der Waals surface area contributed by atoms with Gasteiger partial charge in [-0.2, -0.15) is 0 Å². The maximum Gasteiger partial charge on any atom is 0.0847 e. The lowest BCUT2D eigenvalue weighted by molar-refractivity contribution is 0.121. The number of hydrogen-bond donors (Lipinski definition) is 2. The Hall–Kier alpha value is 0.580. The van der Waals surface area contributed by atoms with Gasteiger partial charge < -0.3 is 10.8 Å². The van der Waals surface area contributed by atoms with Crippen molar-refractivity contribution in [1.29, 1.82) is 0 Å². The van der Waals surface area contributed by atoms with E-state index in [1.807, 2.05) is 13.0 Å². The maximum absolute atomic E-state index is 9.86. The van der Waals surface area contributed by atoms with Gasteiger partial charge in [-0.15, -0.1) is 11.3 Å². The topological polar surface area (TPSA) is 46.2 Å². The molecular weight excluding hydrogens is 318 g/mol. The molecule has 3 N–H and O–H groups in total. The molecule has 1 aromatic heterocycles. The molecule has 2 nitrogen and oxygen atoms in total. The summed E-state index contributed by atoms with van der Waals surface area (Å²) in [5, 5.41) is 9.86. The van der Waals surface area contributed by atoms with E-state index in [2.05, 4.69) is 31.9 Å². The molecule has 0 saturated heterocycles. The third kappa shape index (κ3) is 2.76. The number of halogens is 2. The molecule has 0 radical (unpaired) electrons. The molecule has 1 heterocycles. The lowest BCUT2D eigenvalue weighted by atomic mass is 10.0. The lowest BCUT2D eigenvalue weighted by Gasteiger charge is -2.16. The van der Waals surface area contributed by atoms with Crippen molar-refractivity contribution < 1.29 is 5.11 Å². The van der Waals surface area contributed by atoms with E-state index in [0.717, 1.165) is 13.1 Å². The van der Waals surface area contributed by atoms with Crippen LogP contribution in [-0.4, -0.2) is 11.7 Å². The monoisotopic (exact) mass is 327 g/mol. The third-order valence-electron chi connectivity index (χ3n) is 1.91. The highest BCUT2D eigenvalue weighted by atomic mass is 79.9. The molecule has 5 heteroatoms. The summed E-state index contributed by atoms with van der Waals surface area (Å²) in [6.07, 6.45) is -0.484. The molecule has 0 amide bonds. The zero-order valence-electron chi connectivity index (χ0n) is 7.13. The van der Waals surface area contributed by atoms with Crippen molar-refractivity contribution in [3.8, 4) is 0 Å². The minimum absolute atomic E-state index is 0.0813. The van der Waals surface area contributed by atoms with Crippen LogP contribution in [0.5, 0.6) is 0 Å². The van der Waals surface area contributed by atoms with E-state index in [0.29, 0.717) is 6.54 Å². The van der Waals surface area contributed by atoms with E-state index < -0.39 is 6.10 Å². The predicted molar refractivity (Wildman–Crippen MR) is 62.9 cm³/mol. The number of nitrogens with two attached hydrogens (primary N) is 1. The van der Waals surface area contributed by atoms with Crippen molar-refractivity contribution >= 4 is 43.2 Å². The Morgan fingerprint density at radius 1 is 1.62 bits per heavy atom. The van der Waals surface area contributed by atoms with Crippen molar-refractivity contribution in [1.82, 2.24) is 0 Å². The van der Waals surface area contributed by atoms with E-state index >= 15 is 0 Å². The molecule has 0 spiro atoms. The normalized spacial score (nSPS) is 15.8. The predicted octanol–water partition coefficient (Wildman–Crippen LogP) is 2.90. The highest BCUT2D eigenvalue weighted by molar-refractivity contribution is 9.12. The SMILES string of the molecule is CC(CN)C(O)c1cc(Br)sc1Br. The molecule has 13 heavy (non-hydrogen) atoms. The average molecular weight is 329 g/mol. The zero-order chi connectivity index (χ0) is 10.0. The van der Waals surface area contributed by atoms with Gasteiger partial charge in [0.25, 0.3) is 0 Å². The number of thiophene rings is 1. The van der Waals surface area contributed by atoms with E-state index in [-0.39, 0.29) is 5.92 Å².